The predicted molar refractivity (Wildman–Crippen MR) is 53.7 cm³/mol. The Morgan fingerprint density at radius 3 is 2.56 bits per heavy atom. The van der Waals surface area contributed by atoms with Crippen LogP contribution in [0, 0.1) is 5.92 Å². The molecule has 0 spiro atoms. The normalized spacial score (nSPS) is 40.2. The summed E-state index contributed by atoms with van der Waals surface area (Å²) in [4.78, 5) is 10.7. The van der Waals surface area contributed by atoms with Gasteiger partial charge in [0.15, 0.2) is 0 Å². The number of aliphatic hydroxyl groups excluding tert-OH is 4. The number of ether oxygens (including phenoxy) is 1. The van der Waals surface area contributed by atoms with Crippen LogP contribution in [0.4, 0.5) is 0 Å². The summed E-state index contributed by atoms with van der Waals surface area (Å²) in [6, 6.07) is 0. The van der Waals surface area contributed by atoms with Crippen LogP contribution in [0.15, 0.2) is 0 Å². The highest BCUT2D eigenvalue weighted by molar-refractivity contribution is 5.73. The monoisotopic (exact) mass is 265 g/mol. The van der Waals surface area contributed by atoms with Crippen molar-refractivity contribution in [3.63, 3.8) is 0 Å². The molecule has 0 amide bonds. The molecule has 1 unspecified atom stereocenters. The van der Waals surface area contributed by atoms with Gasteiger partial charge < -0.3 is 40.2 Å². The minimum atomic E-state index is -2.73. The van der Waals surface area contributed by atoms with Gasteiger partial charge in [0.2, 0.25) is 5.79 Å². The number of aliphatic carboxylic acids is 1. The molecule has 0 aromatic carbocycles. The van der Waals surface area contributed by atoms with Crippen molar-refractivity contribution >= 4 is 5.97 Å². The topological polar surface area (TPSA) is 151 Å². The van der Waals surface area contributed by atoms with Crippen LogP contribution in [-0.4, -0.2) is 68.3 Å². The molecule has 1 aliphatic heterocycles. The Kier molecular flexibility index (Phi) is 4.65. The molecule has 1 heterocycles. The Labute approximate surface area is 103 Å². The van der Waals surface area contributed by atoms with Gasteiger partial charge in [-0.2, -0.15) is 0 Å². The van der Waals surface area contributed by atoms with Crippen molar-refractivity contribution < 1.29 is 40.2 Å². The zero-order chi connectivity index (χ0) is 14.1. The summed E-state index contributed by atoms with van der Waals surface area (Å²) >= 11 is 0. The van der Waals surface area contributed by atoms with E-state index in [0.29, 0.717) is 0 Å². The number of hydrogen-bond donors (Lipinski definition) is 5. The highest BCUT2D eigenvalue weighted by Crippen LogP contribution is 2.33. The standard InChI is InChI=1S/C10H18O8/c1-4-5(12)2-10(17,9(15)16)18-8(4)7(14)6(13)3-11/h4-8,11-14,17H,2-3H2,1H3,(H,15,16)/p-1/t4-,5+,6+,7-,8?,10-/m1/s1. The molecule has 0 bridgehead atoms. The number of carboxylic acids is 1. The molecule has 0 aromatic heterocycles. The van der Waals surface area contributed by atoms with E-state index in [9.17, 15) is 30.3 Å². The lowest BCUT2D eigenvalue weighted by Crippen LogP contribution is -2.63. The molecule has 0 aromatic rings. The molecule has 1 aliphatic rings. The molecule has 0 aliphatic carbocycles. The Balaban J connectivity index is 2.92. The van der Waals surface area contributed by atoms with Crippen LogP contribution in [0.2, 0.25) is 0 Å². The summed E-state index contributed by atoms with van der Waals surface area (Å²) < 4.78 is 4.82. The largest absolute Gasteiger partial charge is 0.544 e. The van der Waals surface area contributed by atoms with E-state index >= 15 is 0 Å². The van der Waals surface area contributed by atoms with Gasteiger partial charge in [-0.05, 0) is 0 Å². The second kappa shape index (κ2) is 5.47. The zero-order valence-corrected chi connectivity index (χ0v) is 9.76. The van der Waals surface area contributed by atoms with Crippen molar-refractivity contribution in [2.45, 2.75) is 43.5 Å². The SMILES string of the molecule is C[C@H]1C([C@H](O)[C@@H](O)CO)O[C@@](O)(C(=O)[O-])C[C@@H]1O. The lowest BCUT2D eigenvalue weighted by Gasteiger charge is -2.45. The van der Waals surface area contributed by atoms with E-state index in [0.717, 1.165) is 0 Å². The Bertz CT molecular complexity index is 308. The molecule has 18 heavy (non-hydrogen) atoms. The van der Waals surface area contributed by atoms with Crippen LogP contribution in [0.3, 0.4) is 0 Å². The van der Waals surface area contributed by atoms with Gasteiger partial charge in [-0.25, -0.2) is 0 Å². The highest BCUT2D eigenvalue weighted by Gasteiger charge is 2.48. The van der Waals surface area contributed by atoms with Crippen LogP contribution in [0.1, 0.15) is 13.3 Å². The van der Waals surface area contributed by atoms with Gasteiger partial charge in [0, 0.05) is 12.3 Å². The first-order chi connectivity index (χ1) is 8.23. The molecule has 6 atom stereocenters. The molecule has 0 saturated carbocycles. The maximum absolute atomic E-state index is 10.7. The number of carbonyl (C=O) groups excluding carboxylic acids is 1. The van der Waals surface area contributed by atoms with E-state index in [2.05, 4.69) is 0 Å². The zero-order valence-electron chi connectivity index (χ0n) is 9.76. The molecule has 1 fully saturated rings. The smallest absolute Gasteiger partial charge is 0.209 e. The molecule has 5 N–H and O–H groups in total. The number of hydrogen-bond acceptors (Lipinski definition) is 8. The number of carboxylic acid groups (broad SMARTS) is 1. The first kappa shape index (κ1) is 15.3. The Morgan fingerprint density at radius 1 is 1.56 bits per heavy atom. The molecular formula is C10H17O8-. The summed E-state index contributed by atoms with van der Waals surface area (Å²) in [6.07, 6.45) is -6.43. The average Bonchev–Trinajstić information content (AvgIpc) is 2.31. The fourth-order valence-electron chi connectivity index (χ4n) is 1.91. The maximum Gasteiger partial charge on any atom is 0.209 e. The highest BCUT2D eigenvalue weighted by atomic mass is 16.7. The summed E-state index contributed by atoms with van der Waals surface area (Å²) in [7, 11) is 0. The minimum Gasteiger partial charge on any atom is -0.544 e. The molecule has 8 heteroatoms. The van der Waals surface area contributed by atoms with Crippen molar-refractivity contribution in [1.82, 2.24) is 0 Å². The second-order valence-electron chi connectivity index (χ2n) is 4.53. The van der Waals surface area contributed by atoms with E-state index in [4.69, 9.17) is 9.84 Å². The Morgan fingerprint density at radius 2 is 2.11 bits per heavy atom. The summed E-state index contributed by atoms with van der Waals surface area (Å²) in [6.45, 7) is 0.686. The van der Waals surface area contributed by atoms with E-state index in [-0.39, 0.29) is 0 Å². The number of carbonyl (C=O) groups is 1. The second-order valence-corrected chi connectivity index (χ2v) is 4.53. The van der Waals surface area contributed by atoms with Gasteiger partial charge >= 0.3 is 0 Å². The summed E-state index contributed by atoms with van der Waals surface area (Å²) in [5, 5.41) is 57.7. The lowest BCUT2D eigenvalue weighted by atomic mass is 9.85. The quantitative estimate of drug-likeness (QED) is 0.344. The van der Waals surface area contributed by atoms with E-state index in [1.165, 1.54) is 6.92 Å². The average molecular weight is 265 g/mol. The van der Waals surface area contributed by atoms with Crippen molar-refractivity contribution in [2.75, 3.05) is 6.61 Å². The first-order valence-corrected chi connectivity index (χ1v) is 5.49. The van der Waals surface area contributed by atoms with E-state index in [1.807, 2.05) is 0 Å². The van der Waals surface area contributed by atoms with Crippen molar-refractivity contribution in [3.8, 4) is 0 Å². The fraction of sp³-hybridized carbons (Fsp3) is 0.900. The molecule has 0 radical (unpaired) electrons. The minimum absolute atomic E-state index is 0.602. The maximum atomic E-state index is 10.7. The van der Waals surface area contributed by atoms with Crippen molar-refractivity contribution in [3.05, 3.63) is 0 Å². The Hall–Kier alpha value is -0.770. The summed E-state index contributed by atoms with van der Waals surface area (Å²) in [5.74, 6) is -5.41. The van der Waals surface area contributed by atoms with E-state index < -0.39 is 55.1 Å². The predicted octanol–water partition coefficient (Wildman–Crippen LogP) is -4.08. The molecule has 1 saturated heterocycles. The molecule has 8 nitrogen and oxygen atoms in total. The summed E-state index contributed by atoms with van der Waals surface area (Å²) in [5.41, 5.74) is 0. The van der Waals surface area contributed by atoms with Crippen LogP contribution in [-0.2, 0) is 9.53 Å². The molecular weight excluding hydrogens is 248 g/mol. The number of aliphatic hydroxyl groups is 5. The third-order valence-corrected chi connectivity index (χ3v) is 3.18. The molecule has 1 rings (SSSR count). The van der Waals surface area contributed by atoms with Gasteiger partial charge in [-0.15, -0.1) is 0 Å². The third kappa shape index (κ3) is 2.79. The first-order valence-electron chi connectivity index (χ1n) is 5.49. The third-order valence-electron chi connectivity index (χ3n) is 3.18. The molecule has 106 valence electrons. The van der Waals surface area contributed by atoms with Crippen molar-refractivity contribution in [1.29, 1.82) is 0 Å². The van der Waals surface area contributed by atoms with Crippen LogP contribution in [0.25, 0.3) is 0 Å². The van der Waals surface area contributed by atoms with Gasteiger partial charge in [0.1, 0.15) is 18.2 Å². The van der Waals surface area contributed by atoms with Gasteiger partial charge in [0.25, 0.3) is 0 Å². The fourth-order valence-corrected chi connectivity index (χ4v) is 1.91. The lowest BCUT2D eigenvalue weighted by molar-refractivity contribution is -0.376. The van der Waals surface area contributed by atoms with E-state index in [1.54, 1.807) is 0 Å². The van der Waals surface area contributed by atoms with Gasteiger partial charge in [-0.3, -0.25) is 0 Å². The van der Waals surface area contributed by atoms with Crippen LogP contribution in [0.5, 0.6) is 0 Å². The van der Waals surface area contributed by atoms with Crippen LogP contribution < -0.4 is 5.11 Å². The number of rotatable bonds is 4. The van der Waals surface area contributed by atoms with Gasteiger partial charge in [0.05, 0.1) is 18.8 Å². The van der Waals surface area contributed by atoms with Gasteiger partial charge in [-0.1, -0.05) is 6.92 Å². The van der Waals surface area contributed by atoms with Crippen LogP contribution >= 0.6 is 0 Å². The van der Waals surface area contributed by atoms with Crippen molar-refractivity contribution in [2.24, 2.45) is 5.92 Å².